The summed E-state index contributed by atoms with van der Waals surface area (Å²) in [6, 6.07) is 1.86. The molecule has 1 aromatic rings. The topological polar surface area (TPSA) is 78.1 Å². The van der Waals surface area contributed by atoms with Crippen LogP contribution in [0.5, 0.6) is 0 Å². The normalized spacial score (nSPS) is 53.7. The second-order valence-electron chi connectivity index (χ2n) is 9.34. The zero-order valence-electron chi connectivity index (χ0n) is 16.4. The summed E-state index contributed by atoms with van der Waals surface area (Å²) < 4.78 is 23.5. The third-order valence-electron chi connectivity index (χ3n) is 8.69. The van der Waals surface area contributed by atoms with Gasteiger partial charge in [-0.25, -0.2) is 0 Å². The van der Waals surface area contributed by atoms with Crippen molar-refractivity contribution >= 4 is 5.97 Å². The van der Waals surface area contributed by atoms with Crippen molar-refractivity contribution in [1.29, 1.82) is 0 Å². The first-order valence-electron chi connectivity index (χ1n) is 9.91. The van der Waals surface area contributed by atoms with Crippen molar-refractivity contribution in [2.45, 2.75) is 70.1 Å². The van der Waals surface area contributed by atoms with Crippen molar-refractivity contribution in [3.8, 4) is 0 Å². The van der Waals surface area contributed by atoms with Crippen LogP contribution in [0.3, 0.4) is 0 Å². The summed E-state index contributed by atoms with van der Waals surface area (Å²) in [4.78, 5) is 13.4. The first kappa shape index (κ1) is 17.7. The Balaban J connectivity index is 1.65. The van der Waals surface area contributed by atoms with E-state index in [2.05, 4.69) is 6.92 Å². The van der Waals surface area contributed by atoms with Gasteiger partial charge < -0.3 is 23.7 Å². The summed E-state index contributed by atoms with van der Waals surface area (Å²) in [6.07, 6.45) is 5.39. The number of rotatable bonds is 2. The van der Waals surface area contributed by atoms with E-state index in [4.69, 9.17) is 18.6 Å². The molecule has 148 valence electrons. The van der Waals surface area contributed by atoms with Gasteiger partial charge in [0.15, 0.2) is 5.79 Å². The fraction of sp³-hybridized carbons (Fsp3) is 0.762. The minimum Gasteiger partial charge on any atom is -0.472 e. The number of fused-ring (bicyclic) bond motifs is 2. The summed E-state index contributed by atoms with van der Waals surface area (Å²) in [5.74, 6) is -1.08. The lowest BCUT2D eigenvalue weighted by molar-refractivity contribution is -0.308. The van der Waals surface area contributed by atoms with Gasteiger partial charge >= 0.3 is 5.97 Å². The van der Waals surface area contributed by atoms with E-state index in [1.807, 2.05) is 19.9 Å². The molecule has 5 rings (SSSR count). The lowest BCUT2D eigenvalue weighted by Crippen LogP contribution is -2.69. The molecule has 4 fully saturated rings. The Bertz CT molecular complexity index is 772. The first-order valence-corrected chi connectivity index (χ1v) is 9.91. The summed E-state index contributed by atoms with van der Waals surface area (Å²) >= 11 is 0. The maximum absolute atomic E-state index is 13.4. The number of methoxy groups -OCH3 is 1. The molecule has 1 aromatic heterocycles. The average molecular weight is 376 g/mol. The van der Waals surface area contributed by atoms with Crippen LogP contribution in [0.25, 0.3) is 0 Å². The van der Waals surface area contributed by atoms with Crippen molar-refractivity contribution < 1.29 is 28.5 Å². The van der Waals surface area contributed by atoms with Crippen LogP contribution in [-0.2, 0) is 19.0 Å². The van der Waals surface area contributed by atoms with E-state index < -0.39 is 22.2 Å². The molecular weight excluding hydrogens is 348 g/mol. The van der Waals surface area contributed by atoms with E-state index in [-0.39, 0.29) is 30.0 Å². The number of cyclic esters (lactones) is 1. The number of hydrogen-bond acceptors (Lipinski definition) is 6. The van der Waals surface area contributed by atoms with E-state index in [0.717, 1.165) is 18.4 Å². The van der Waals surface area contributed by atoms with Crippen molar-refractivity contribution in [3.63, 3.8) is 0 Å². The number of carbonyl (C=O) groups is 1. The third-order valence-corrected chi connectivity index (χ3v) is 8.69. The molecule has 2 aliphatic heterocycles. The molecule has 6 heteroatoms. The molecule has 1 N–H and O–H groups in total. The van der Waals surface area contributed by atoms with Crippen LogP contribution in [0, 0.1) is 22.7 Å². The fourth-order valence-corrected chi connectivity index (χ4v) is 7.06. The quantitative estimate of drug-likeness (QED) is 0.799. The van der Waals surface area contributed by atoms with E-state index in [1.165, 1.54) is 0 Å². The largest absolute Gasteiger partial charge is 0.472 e. The lowest BCUT2D eigenvalue weighted by atomic mass is 9.42. The highest BCUT2D eigenvalue weighted by Gasteiger charge is 2.81. The maximum Gasteiger partial charge on any atom is 0.313 e. The molecule has 2 saturated carbocycles. The highest BCUT2D eigenvalue weighted by atomic mass is 16.7. The van der Waals surface area contributed by atoms with E-state index >= 15 is 0 Å². The Hall–Kier alpha value is -1.37. The van der Waals surface area contributed by atoms with Gasteiger partial charge in [0, 0.05) is 25.5 Å². The fourth-order valence-electron chi connectivity index (χ4n) is 7.06. The first-order chi connectivity index (χ1) is 12.7. The molecule has 0 aromatic carbocycles. The van der Waals surface area contributed by atoms with Gasteiger partial charge in [-0.1, -0.05) is 13.8 Å². The van der Waals surface area contributed by atoms with Gasteiger partial charge in [0.05, 0.1) is 35.1 Å². The molecular formula is C21H28O6. The number of esters is 1. The summed E-state index contributed by atoms with van der Waals surface area (Å²) in [5.41, 5.74) is -1.51. The second-order valence-corrected chi connectivity index (χ2v) is 9.34. The molecule has 4 aliphatic rings. The standard InChI is InChI=1S/C21H28O6/c1-12-9-21(24-4)18(2)15(5-6-16(27-21)19(18,3)23)20(12)10-14(26-17(20)22)13-7-8-25-11-13/h7-8,11-12,14-16,23H,5-6,9-10H2,1-4H3/t12-,14+,15-,16+,18-,19-,20+,21-/m0/s1. The van der Waals surface area contributed by atoms with Crippen molar-refractivity contribution in [1.82, 2.24) is 0 Å². The zero-order chi connectivity index (χ0) is 19.2. The van der Waals surface area contributed by atoms with Gasteiger partial charge in [-0.15, -0.1) is 0 Å². The predicted octanol–water partition coefficient (Wildman–Crippen LogP) is 3.20. The molecule has 2 aliphatic carbocycles. The molecule has 0 radical (unpaired) electrons. The zero-order valence-corrected chi connectivity index (χ0v) is 16.4. The number of aliphatic hydroxyl groups is 1. The summed E-state index contributed by atoms with van der Waals surface area (Å²) in [5, 5.41) is 11.5. The molecule has 0 unspecified atom stereocenters. The molecule has 2 bridgehead atoms. The molecule has 1 spiro atoms. The van der Waals surface area contributed by atoms with Crippen LogP contribution in [-0.4, -0.2) is 35.7 Å². The van der Waals surface area contributed by atoms with Gasteiger partial charge in [-0.05, 0) is 37.7 Å². The van der Waals surface area contributed by atoms with Crippen LogP contribution in [0.15, 0.2) is 23.0 Å². The molecule has 6 nitrogen and oxygen atoms in total. The third kappa shape index (κ3) is 1.76. The summed E-state index contributed by atoms with van der Waals surface area (Å²) in [7, 11) is 1.66. The van der Waals surface area contributed by atoms with Crippen LogP contribution in [0.4, 0.5) is 0 Å². The number of hydrogen-bond donors (Lipinski definition) is 1. The van der Waals surface area contributed by atoms with Crippen LogP contribution < -0.4 is 0 Å². The second kappa shape index (κ2) is 5.16. The monoisotopic (exact) mass is 376 g/mol. The molecule has 3 heterocycles. The van der Waals surface area contributed by atoms with Crippen LogP contribution >= 0.6 is 0 Å². The Morgan fingerprint density at radius 1 is 1.26 bits per heavy atom. The Kier molecular flexibility index (Phi) is 3.38. The van der Waals surface area contributed by atoms with Crippen molar-refractivity contribution in [2.75, 3.05) is 7.11 Å². The van der Waals surface area contributed by atoms with Crippen LogP contribution in [0.2, 0.25) is 0 Å². The average Bonchev–Trinajstić information content (AvgIpc) is 3.27. The van der Waals surface area contributed by atoms with Gasteiger partial charge in [0.25, 0.3) is 0 Å². The Labute approximate surface area is 159 Å². The molecule has 2 saturated heterocycles. The van der Waals surface area contributed by atoms with Gasteiger partial charge in [0.2, 0.25) is 0 Å². The summed E-state index contributed by atoms with van der Waals surface area (Å²) in [6.45, 7) is 6.00. The number of ether oxygens (including phenoxy) is 3. The van der Waals surface area contributed by atoms with E-state index in [9.17, 15) is 9.90 Å². The SMILES string of the molecule is CO[C@@]12C[C@H](C)[C@]3(C[C@H](c4ccoc4)OC3=O)[C@H]3CC[C@@H](O1)[C@](C)(O)[C@]32C. The lowest BCUT2D eigenvalue weighted by Gasteiger charge is -2.62. The van der Waals surface area contributed by atoms with Crippen molar-refractivity contribution in [3.05, 3.63) is 24.2 Å². The maximum atomic E-state index is 13.4. The Morgan fingerprint density at radius 3 is 2.70 bits per heavy atom. The van der Waals surface area contributed by atoms with E-state index in [1.54, 1.807) is 19.6 Å². The minimum atomic E-state index is -1.06. The molecule has 0 amide bonds. The highest BCUT2D eigenvalue weighted by molar-refractivity contribution is 5.81. The Morgan fingerprint density at radius 2 is 2.04 bits per heavy atom. The highest BCUT2D eigenvalue weighted by Crippen LogP contribution is 2.74. The predicted molar refractivity (Wildman–Crippen MR) is 94.4 cm³/mol. The van der Waals surface area contributed by atoms with Gasteiger partial charge in [-0.3, -0.25) is 4.79 Å². The van der Waals surface area contributed by atoms with E-state index in [0.29, 0.717) is 12.8 Å². The van der Waals surface area contributed by atoms with Crippen molar-refractivity contribution in [2.24, 2.45) is 22.7 Å². The molecule has 27 heavy (non-hydrogen) atoms. The molecule has 8 atom stereocenters. The minimum absolute atomic E-state index is 0.0209. The van der Waals surface area contributed by atoms with Gasteiger partial charge in [-0.2, -0.15) is 0 Å². The van der Waals surface area contributed by atoms with Gasteiger partial charge in [0.1, 0.15) is 6.10 Å². The number of carbonyl (C=O) groups excluding carboxylic acids is 1. The smallest absolute Gasteiger partial charge is 0.313 e. The van der Waals surface area contributed by atoms with Crippen LogP contribution in [0.1, 0.15) is 58.1 Å². The number of furan rings is 1.